The molecule has 1 aromatic heterocycles. The first kappa shape index (κ1) is 13.3. The van der Waals surface area contributed by atoms with Gasteiger partial charge in [0.15, 0.2) is 0 Å². The van der Waals surface area contributed by atoms with Crippen molar-refractivity contribution in [2.45, 2.75) is 20.4 Å². The Morgan fingerprint density at radius 1 is 1.44 bits per heavy atom. The van der Waals surface area contributed by atoms with E-state index < -0.39 is 0 Å². The normalized spacial score (nSPS) is 10.7. The summed E-state index contributed by atoms with van der Waals surface area (Å²) < 4.78 is 2.37. The largest absolute Gasteiger partial charge is 0.287 e. The third-order valence-corrected chi connectivity index (χ3v) is 3.41. The average Bonchev–Trinajstić information content (AvgIpc) is 2.68. The molecule has 0 atom stereocenters. The average molecular weight is 328 g/mol. The molecular formula is C13H12BrClN2O. The lowest BCUT2D eigenvalue weighted by Gasteiger charge is -2.06. The van der Waals surface area contributed by atoms with E-state index in [2.05, 4.69) is 21.0 Å². The van der Waals surface area contributed by atoms with Gasteiger partial charge in [-0.05, 0) is 53.5 Å². The summed E-state index contributed by atoms with van der Waals surface area (Å²) in [5, 5.41) is 4.71. The van der Waals surface area contributed by atoms with Crippen molar-refractivity contribution in [2.75, 3.05) is 0 Å². The van der Waals surface area contributed by atoms with Crippen molar-refractivity contribution in [1.82, 2.24) is 9.78 Å². The second-order valence-electron chi connectivity index (χ2n) is 4.00. The number of hydrogen-bond donors (Lipinski definition) is 0. The Morgan fingerprint density at radius 2 is 2.17 bits per heavy atom. The van der Waals surface area contributed by atoms with Gasteiger partial charge in [-0.3, -0.25) is 9.48 Å². The van der Waals surface area contributed by atoms with Crippen LogP contribution >= 0.6 is 27.5 Å². The van der Waals surface area contributed by atoms with Crippen LogP contribution in [0.3, 0.4) is 0 Å². The number of aryl methyl sites for hydroxylation is 2. The van der Waals surface area contributed by atoms with E-state index in [4.69, 9.17) is 11.6 Å². The van der Waals surface area contributed by atoms with Gasteiger partial charge in [0.05, 0.1) is 10.7 Å². The Hall–Kier alpha value is -1.13. The predicted octanol–water partition coefficient (Wildman–Crippen LogP) is 3.86. The zero-order valence-corrected chi connectivity index (χ0v) is 12.4. The van der Waals surface area contributed by atoms with Crippen molar-refractivity contribution in [3.05, 3.63) is 50.7 Å². The number of carbonyl (C=O) groups is 1. The number of carbonyl (C=O) groups excluding carboxylic acids is 1. The van der Waals surface area contributed by atoms with E-state index >= 15 is 0 Å². The molecular weight excluding hydrogens is 316 g/mol. The second kappa shape index (κ2) is 5.24. The minimum absolute atomic E-state index is 0.0770. The molecule has 2 aromatic rings. The second-order valence-corrected chi connectivity index (χ2v) is 5.29. The monoisotopic (exact) mass is 326 g/mol. The Bertz CT molecular complexity index is 587. The van der Waals surface area contributed by atoms with Crippen molar-refractivity contribution in [2.24, 2.45) is 0 Å². The lowest BCUT2D eigenvalue weighted by atomic mass is 10.1. The first-order valence-electron chi connectivity index (χ1n) is 5.56. The molecule has 0 N–H and O–H groups in total. The molecule has 0 fully saturated rings. The summed E-state index contributed by atoms with van der Waals surface area (Å²) in [6.45, 7) is 4.50. The highest BCUT2D eigenvalue weighted by atomic mass is 79.9. The molecule has 0 amide bonds. The fourth-order valence-corrected chi connectivity index (χ4v) is 2.60. The molecule has 3 nitrogen and oxygen atoms in total. The van der Waals surface area contributed by atoms with E-state index in [1.807, 2.05) is 26.0 Å². The number of benzene rings is 1. The van der Waals surface area contributed by atoms with Crippen molar-refractivity contribution in [3.8, 4) is 0 Å². The molecule has 0 bridgehead atoms. The van der Waals surface area contributed by atoms with Crippen molar-refractivity contribution in [1.29, 1.82) is 0 Å². The van der Waals surface area contributed by atoms with Crippen LogP contribution in [0.4, 0.5) is 0 Å². The van der Waals surface area contributed by atoms with Gasteiger partial charge in [-0.15, -0.1) is 0 Å². The minimum Gasteiger partial charge on any atom is -0.287 e. The maximum Gasteiger partial charge on any atom is 0.212 e. The molecule has 0 aliphatic carbocycles. The first-order valence-corrected chi connectivity index (χ1v) is 6.73. The third-order valence-electron chi connectivity index (χ3n) is 2.61. The topological polar surface area (TPSA) is 34.9 Å². The highest BCUT2D eigenvalue weighted by Gasteiger charge is 2.18. The van der Waals surface area contributed by atoms with E-state index in [-0.39, 0.29) is 5.78 Å². The Labute approximate surface area is 119 Å². The molecule has 0 unspecified atom stereocenters. The molecule has 0 spiro atoms. The molecule has 94 valence electrons. The van der Waals surface area contributed by atoms with Gasteiger partial charge in [0, 0.05) is 17.1 Å². The van der Waals surface area contributed by atoms with Crippen LogP contribution in [0.15, 0.2) is 28.9 Å². The zero-order valence-electron chi connectivity index (χ0n) is 10.1. The quantitative estimate of drug-likeness (QED) is 0.802. The van der Waals surface area contributed by atoms with E-state index in [9.17, 15) is 4.79 Å². The van der Waals surface area contributed by atoms with Crippen molar-refractivity contribution in [3.63, 3.8) is 0 Å². The molecule has 1 heterocycles. The minimum atomic E-state index is -0.0770. The molecule has 0 saturated carbocycles. The van der Waals surface area contributed by atoms with Crippen LogP contribution in [-0.4, -0.2) is 15.6 Å². The Balaban J connectivity index is 2.50. The van der Waals surface area contributed by atoms with Gasteiger partial charge in [-0.2, -0.15) is 5.10 Å². The number of ketones is 1. The Kier molecular flexibility index (Phi) is 3.88. The van der Waals surface area contributed by atoms with Crippen molar-refractivity contribution < 1.29 is 4.79 Å². The van der Waals surface area contributed by atoms with E-state index in [0.717, 1.165) is 5.56 Å². The third kappa shape index (κ3) is 2.49. The van der Waals surface area contributed by atoms with Crippen LogP contribution in [0, 0.1) is 6.92 Å². The summed E-state index contributed by atoms with van der Waals surface area (Å²) >= 11 is 9.34. The highest BCUT2D eigenvalue weighted by Crippen LogP contribution is 2.22. The molecule has 0 aliphatic rings. The number of rotatable bonds is 3. The first-order chi connectivity index (χ1) is 8.52. The number of hydrogen-bond acceptors (Lipinski definition) is 2. The fraction of sp³-hybridized carbons (Fsp3) is 0.231. The molecule has 0 saturated heterocycles. The van der Waals surface area contributed by atoms with Gasteiger partial charge >= 0.3 is 0 Å². The van der Waals surface area contributed by atoms with Gasteiger partial charge in [0.25, 0.3) is 0 Å². The summed E-state index contributed by atoms with van der Waals surface area (Å²) in [6, 6.07) is 5.33. The maximum absolute atomic E-state index is 12.5. The molecule has 5 heteroatoms. The summed E-state index contributed by atoms with van der Waals surface area (Å²) in [6.07, 6.45) is 1.63. The SMILES string of the molecule is CCn1ncc(Br)c1C(=O)c1cc(C)cc(Cl)c1. The smallest absolute Gasteiger partial charge is 0.212 e. The van der Waals surface area contributed by atoms with Gasteiger partial charge in [-0.25, -0.2) is 0 Å². The predicted molar refractivity (Wildman–Crippen MR) is 75.2 cm³/mol. The number of aromatic nitrogens is 2. The van der Waals surface area contributed by atoms with Crippen LogP contribution in [0.25, 0.3) is 0 Å². The standard InChI is InChI=1S/C13H12BrClN2O/c1-3-17-12(11(14)7-16-17)13(18)9-4-8(2)5-10(15)6-9/h4-7H,3H2,1-2H3. The summed E-state index contributed by atoms with van der Waals surface area (Å²) in [5.74, 6) is -0.0770. The van der Waals surface area contributed by atoms with Crippen molar-refractivity contribution >= 4 is 33.3 Å². The van der Waals surface area contributed by atoms with Gasteiger partial charge in [0.2, 0.25) is 5.78 Å². The lowest BCUT2D eigenvalue weighted by molar-refractivity contribution is 0.102. The van der Waals surface area contributed by atoms with Gasteiger partial charge in [0.1, 0.15) is 5.69 Å². The van der Waals surface area contributed by atoms with Gasteiger partial charge < -0.3 is 0 Å². The summed E-state index contributed by atoms with van der Waals surface area (Å²) in [4.78, 5) is 12.5. The van der Waals surface area contributed by atoms with Crippen LogP contribution < -0.4 is 0 Å². The van der Waals surface area contributed by atoms with Crippen LogP contribution in [0.2, 0.25) is 5.02 Å². The zero-order chi connectivity index (χ0) is 13.3. The highest BCUT2D eigenvalue weighted by molar-refractivity contribution is 9.10. The van der Waals surface area contributed by atoms with E-state index in [1.165, 1.54) is 0 Å². The Morgan fingerprint density at radius 3 is 2.78 bits per heavy atom. The van der Waals surface area contributed by atoms with Crippen LogP contribution in [-0.2, 0) is 6.54 Å². The van der Waals surface area contributed by atoms with Crippen LogP contribution in [0.1, 0.15) is 28.5 Å². The molecule has 1 aromatic carbocycles. The molecule has 18 heavy (non-hydrogen) atoms. The summed E-state index contributed by atoms with van der Waals surface area (Å²) in [7, 11) is 0. The lowest BCUT2D eigenvalue weighted by Crippen LogP contribution is -2.11. The van der Waals surface area contributed by atoms with E-state index in [1.54, 1.807) is 16.9 Å². The van der Waals surface area contributed by atoms with Crippen LogP contribution in [0.5, 0.6) is 0 Å². The maximum atomic E-state index is 12.5. The molecule has 0 radical (unpaired) electrons. The summed E-state index contributed by atoms with van der Waals surface area (Å²) in [5.41, 5.74) is 2.10. The number of nitrogens with zero attached hydrogens (tertiary/aromatic N) is 2. The molecule has 0 aliphatic heterocycles. The van der Waals surface area contributed by atoms with E-state index in [0.29, 0.717) is 27.3 Å². The molecule has 2 rings (SSSR count). The van der Waals surface area contributed by atoms with Gasteiger partial charge in [-0.1, -0.05) is 11.6 Å². The number of halogens is 2. The fourth-order valence-electron chi connectivity index (χ4n) is 1.83.